The van der Waals surface area contributed by atoms with E-state index >= 15 is 0 Å². The van der Waals surface area contributed by atoms with E-state index in [0.29, 0.717) is 6.42 Å². The summed E-state index contributed by atoms with van der Waals surface area (Å²) < 4.78 is 0. The van der Waals surface area contributed by atoms with E-state index in [0.717, 1.165) is 35.1 Å². The molecule has 2 fully saturated rings. The lowest BCUT2D eigenvalue weighted by Crippen LogP contribution is -2.72. The third-order valence-corrected chi connectivity index (χ3v) is 11.3. The van der Waals surface area contributed by atoms with Gasteiger partial charge in [-0.1, -0.05) is 48.5 Å². The maximum atomic E-state index is 13.5. The van der Waals surface area contributed by atoms with Crippen LogP contribution in [0.1, 0.15) is 42.5 Å². The molecule has 4 atom stereocenters. The average molecular weight is 671 g/mol. The predicted molar refractivity (Wildman–Crippen MR) is 182 cm³/mol. The summed E-state index contributed by atoms with van der Waals surface area (Å²) >= 11 is 9.15. The first-order valence-corrected chi connectivity index (χ1v) is 16.3. The highest BCUT2D eigenvalue weighted by atomic mass is 32.1. The van der Waals surface area contributed by atoms with Crippen molar-refractivity contribution in [2.75, 3.05) is 47.9 Å². The van der Waals surface area contributed by atoms with Gasteiger partial charge in [-0.3, -0.25) is 19.2 Å². The minimum absolute atomic E-state index is 0.0180. The number of carbonyl (C=O) groups excluding carboxylic acids is 4. The van der Waals surface area contributed by atoms with E-state index in [9.17, 15) is 29.4 Å². The number of aryl methyl sites for hydroxylation is 2. The second-order valence-corrected chi connectivity index (χ2v) is 14.8. The van der Waals surface area contributed by atoms with Gasteiger partial charge in [-0.2, -0.15) is 0 Å². The Hall–Kier alpha value is -3.06. The summed E-state index contributed by atoms with van der Waals surface area (Å²) in [5.41, 5.74) is 1.98. The zero-order chi connectivity index (χ0) is 34.2. The normalized spacial score (nSPS) is 29.1. The van der Waals surface area contributed by atoms with Crippen LogP contribution in [0, 0.1) is 5.41 Å². The molecule has 0 spiro atoms. The Balaban J connectivity index is 1.38. The Morgan fingerprint density at radius 3 is 1.54 bits per heavy atom. The molecular formula is C34H46N4O6S2. The lowest BCUT2D eigenvalue weighted by molar-refractivity contribution is -0.163. The Bertz CT molecular complexity index is 1490. The van der Waals surface area contributed by atoms with E-state index in [1.54, 1.807) is 33.0 Å². The van der Waals surface area contributed by atoms with Crippen molar-refractivity contribution in [2.45, 2.75) is 61.2 Å². The summed E-state index contributed by atoms with van der Waals surface area (Å²) in [4.78, 5) is 55.8. The van der Waals surface area contributed by atoms with E-state index in [2.05, 4.69) is 37.4 Å². The molecule has 0 saturated carbocycles. The van der Waals surface area contributed by atoms with E-state index in [4.69, 9.17) is 0 Å². The number of thiol groups is 2. The third kappa shape index (κ3) is 6.28. The largest absolute Gasteiger partial charge is 0.396 e. The molecule has 250 valence electrons. The van der Waals surface area contributed by atoms with Crippen LogP contribution in [-0.4, -0.2) is 117 Å². The van der Waals surface area contributed by atoms with Crippen LogP contribution in [0.4, 0.5) is 0 Å². The van der Waals surface area contributed by atoms with Crippen molar-refractivity contribution in [1.82, 2.24) is 19.6 Å². The third-order valence-electron chi connectivity index (χ3n) is 9.92. The zero-order valence-electron chi connectivity index (χ0n) is 27.5. The number of amides is 4. The number of aliphatic hydroxyl groups is 2. The van der Waals surface area contributed by atoms with E-state index in [-0.39, 0.29) is 49.6 Å². The second kappa shape index (κ2) is 13.2. The summed E-state index contributed by atoms with van der Waals surface area (Å²) in [6.45, 7) is 3.00. The van der Waals surface area contributed by atoms with Gasteiger partial charge in [0.25, 0.3) is 11.8 Å². The van der Waals surface area contributed by atoms with Gasteiger partial charge in [0.15, 0.2) is 9.74 Å². The average Bonchev–Trinajstić information content (AvgIpc) is 3.08. The highest BCUT2D eigenvalue weighted by molar-refractivity contribution is 7.83. The van der Waals surface area contributed by atoms with Gasteiger partial charge in [0.05, 0.1) is 12.0 Å². The fourth-order valence-electron chi connectivity index (χ4n) is 6.61. The van der Waals surface area contributed by atoms with E-state index in [1.165, 1.54) is 21.7 Å². The Kier molecular flexibility index (Phi) is 10.3. The van der Waals surface area contributed by atoms with Crippen LogP contribution in [0.25, 0.3) is 0 Å². The lowest BCUT2D eigenvalue weighted by Gasteiger charge is -2.51. The fraction of sp³-hybridized carbons (Fsp3) is 0.529. The number of aliphatic hydroxyl groups excluding tert-OH is 2. The molecule has 0 unspecified atom stereocenters. The molecule has 2 aromatic carbocycles. The molecule has 10 nitrogen and oxygen atoms in total. The standard InChI is InChI=1S/C34H46N4O6S2/c1-31(21-35(3)28(42)32(2,22-40)36(4)27(31)41)19-25-13-9-23(10-14-25)7-8-24-11-15-26(16-12-24)20-34(46)30(44)37(5)33(45,17-18-39)29(43)38(34)6/h9-16,39-40,45-46H,7-8,17-22H2,1-6H3/t31-,32+,33-,34-/m0/s1. The van der Waals surface area contributed by atoms with Gasteiger partial charge in [0.2, 0.25) is 11.8 Å². The minimum atomic E-state index is -1.42. The number of likely N-dealkylation sites (N-methyl/N-ethyl adjacent to an activating group) is 4. The SMILES string of the molecule is CN1C[C@](C)(Cc2ccc(CCc3ccc(C[C@]4(S)C(=O)N(C)[C@](S)(CCO)C(=O)N4C)cc3)cc2)C(=O)N(C)[C@](C)(CO)C1=O. The number of piperazine rings is 1. The first-order valence-electron chi connectivity index (χ1n) is 15.4. The van der Waals surface area contributed by atoms with Gasteiger partial charge in [-0.05, 0) is 55.4 Å². The molecule has 46 heavy (non-hydrogen) atoms. The van der Waals surface area contributed by atoms with Crippen molar-refractivity contribution in [3.63, 3.8) is 0 Å². The summed E-state index contributed by atoms with van der Waals surface area (Å²) in [5.74, 6) is -1.20. The van der Waals surface area contributed by atoms with E-state index < -0.39 is 27.3 Å². The van der Waals surface area contributed by atoms with Crippen molar-refractivity contribution >= 4 is 48.9 Å². The lowest BCUT2D eigenvalue weighted by atomic mass is 9.81. The molecule has 0 bridgehead atoms. The van der Waals surface area contributed by atoms with Crippen molar-refractivity contribution in [3.05, 3.63) is 70.8 Å². The summed E-state index contributed by atoms with van der Waals surface area (Å²) in [7, 11) is 6.31. The smallest absolute Gasteiger partial charge is 0.260 e. The molecule has 2 aliphatic rings. The molecule has 2 aliphatic heterocycles. The van der Waals surface area contributed by atoms with Crippen molar-refractivity contribution in [3.8, 4) is 0 Å². The molecule has 0 aromatic heterocycles. The predicted octanol–water partition coefficient (Wildman–Crippen LogP) is 1.81. The van der Waals surface area contributed by atoms with Crippen molar-refractivity contribution in [2.24, 2.45) is 5.41 Å². The number of hydrogen-bond donors (Lipinski definition) is 4. The molecule has 4 amide bonds. The quantitative estimate of drug-likeness (QED) is 0.287. The van der Waals surface area contributed by atoms with Gasteiger partial charge in [0.1, 0.15) is 5.54 Å². The molecule has 2 heterocycles. The van der Waals surface area contributed by atoms with Crippen LogP contribution in [-0.2, 0) is 44.9 Å². The maximum Gasteiger partial charge on any atom is 0.260 e. The van der Waals surface area contributed by atoms with Gasteiger partial charge < -0.3 is 29.8 Å². The molecule has 2 N–H and O–H groups in total. The topological polar surface area (TPSA) is 122 Å². The molecular weight excluding hydrogens is 625 g/mol. The van der Waals surface area contributed by atoms with Gasteiger partial charge in [0, 0.05) is 54.2 Å². The molecule has 2 aromatic rings. The molecule has 12 heteroatoms. The molecule has 0 radical (unpaired) electrons. The van der Waals surface area contributed by atoms with Crippen LogP contribution in [0.5, 0.6) is 0 Å². The van der Waals surface area contributed by atoms with Gasteiger partial charge >= 0.3 is 0 Å². The van der Waals surface area contributed by atoms with Crippen molar-refractivity contribution < 1.29 is 29.4 Å². The summed E-state index contributed by atoms with van der Waals surface area (Å²) in [5, 5.41) is 19.4. The first-order chi connectivity index (χ1) is 21.5. The Morgan fingerprint density at radius 2 is 1.07 bits per heavy atom. The van der Waals surface area contributed by atoms with Crippen LogP contribution < -0.4 is 0 Å². The Labute approximate surface area is 282 Å². The fourth-order valence-corrected chi connectivity index (χ4v) is 7.37. The zero-order valence-corrected chi connectivity index (χ0v) is 29.3. The number of benzene rings is 2. The number of rotatable bonds is 10. The maximum absolute atomic E-state index is 13.5. The first kappa shape index (κ1) is 35.8. The van der Waals surface area contributed by atoms with Crippen LogP contribution in [0.2, 0.25) is 0 Å². The van der Waals surface area contributed by atoms with Crippen LogP contribution in [0.3, 0.4) is 0 Å². The molecule has 0 aliphatic carbocycles. The minimum Gasteiger partial charge on any atom is -0.396 e. The van der Waals surface area contributed by atoms with Crippen molar-refractivity contribution in [1.29, 1.82) is 0 Å². The second-order valence-electron chi connectivity index (χ2n) is 13.3. The highest BCUT2D eigenvalue weighted by Gasteiger charge is 2.58. The van der Waals surface area contributed by atoms with Gasteiger partial charge in [-0.25, -0.2) is 0 Å². The molecule has 2 saturated heterocycles. The van der Waals surface area contributed by atoms with Crippen LogP contribution >= 0.6 is 25.3 Å². The monoisotopic (exact) mass is 670 g/mol. The number of nitrogens with zero attached hydrogens (tertiary/aromatic N) is 4. The highest BCUT2D eigenvalue weighted by Crippen LogP contribution is 2.40. The summed E-state index contributed by atoms with van der Waals surface area (Å²) in [6.07, 6.45) is 2.29. The summed E-state index contributed by atoms with van der Waals surface area (Å²) in [6, 6.07) is 16.1. The number of hydrogen-bond acceptors (Lipinski definition) is 8. The van der Waals surface area contributed by atoms with Gasteiger partial charge in [-0.15, -0.1) is 25.3 Å². The number of carbonyl (C=O) groups is 4. The van der Waals surface area contributed by atoms with E-state index in [1.807, 2.05) is 43.3 Å². The van der Waals surface area contributed by atoms with Crippen LogP contribution in [0.15, 0.2) is 48.5 Å². The molecule has 4 rings (SSSR count). The Morgan fingerprint density at radius 1 is 0.630 bits per heavy atom.